The van der Waals surface area contributed by atoms with E-state index in [1.165, 1.54) is 4.31 Å². The van der Waals surface area contributed by atoms with Crippen molar-refractivity contribution >= 4 is 21.6 Å². The van der Waals surface area contributed by atoms with Crippen LogP contribution < -0.4 is 4.90 Å². The molecule has 138 valence electrons. The summed E-state index contributed by atoms with van der Waals surface area (Å²) in [6.07, 6.45) is 1.39. The van der Waals surface area contributed by atoms with E-state index < -0.39 is 10.0 Å². The minimum Gasteiger partial charge on any atom is -0.315 e. The highest BCUT2D eigenvalue weighted by atomic mass is 32.2. The minimum atomic E-state index is -3.57. The van der Waals surface area contributed by atoms with E-state index in [4.69, 9.17) is 0 Å². The van der Waals surface area contributed by atoms with Gasteiger partial charge in [0, 0.05) is 25.8 Å². The maximum absolute atomic E-state index is 12.9. The Bertz CT molecular complexity index is 864. The second-order valence-electron chi connectivity index (χ2n) is 6.75. The zero-order valence-electron chi connectivity index (χ0n) is 15.1. The molecule has 2 aromatic carbocycles. The van der Waals surface area contributed by atoms with E-state index in [-0.39, 0.29) is 23.3 Å². The topological polar surface area (TPSA) is 57.7 Å². The molecule has 1 aliphatic rings. The SMILES string of the molecule is Cc1ccc(S(=O)(=O)N2CCCC(C(=O)N(C)c3ccccc3)C2)cc1. The lowest BCUT2D eigenvalue weighted by molar-refractivity contribution is -0.123. The third kappa shape index (κ3) is 3.81. The maximum Gasteiger partial charge on any atom is 0.243 e. The van der Waals surface area contributed by atoms with Gasteiger partial charge < -0.3 is 4.90 Å². The first-order valence-electron chi connectivity index (χ1n) is 8.79. The molecule has 1 aliphatic heterocycles. The highest BCUT2D eigenvalue weighted by Crippen LogP contribution is 2.26. The van der Waals surface area contributed by atoms with Crippen molar-refractivity contribution in [3.63, 3.8) is 0 Å². The molecule has 6 heteroatoms. The van der Waals surface area contributed by atoms with Crippen LogP contribution in [0.4, 0.5) is 5.69 Å². The van der Waals surface area contributed by atoms with Crippen molar-refractivity contribution < 1.29 is 13.2 Å². The first-order chi connectivity index (χ1) is 12.4. The molecule has 1 unspecified atom stereocenters. The standard InChI is InChI=1S/C20H24N2O3S/c1-16-10-12-19(13-11-16)26(24,25)22-14-6-7-17(15-22)20(23)21(2)18-8-4-3-5-9-18/h3-5,8-13,17H,6-7,14-15H2,1-2H3. The number of sulfonamides is 1. The summed E-state index contributed by atoms with van der Waals surface area (Å²) in [4.78, 5) is 14.8. The number of aryl methyl sites for hydroxylation is 1. The second kappa shape index (κ2) is 7.60. The van der Waals surface area contributed by atoms with Crippen LogP contribution in [0.25, 0.3) is 0 Å². The molecule has 0 saturated carbocycles. The lowest BCUT2D eigenvalue weighted by atomic mass is 9.98. The van der Waals surface area contributed by atoms with Crippen molar-refractivity contribution in [1.82, 2.24) is 4.31 Å². The Hall–Kier alpha value is -2.18. The first kappa shape index (κ1) is 18.6. The number of benzene rings is 2. The van der Waals surface area contributed by atoms with Crippen molar-refractivity contribution in [3.05, 3.63) is 60.2 Å². The lowest BCUT2D eigenvalue weighted by Gasteiger charge is -2.33. The summed E-state index contributed by atoms with van der Waals surface area (Å²) in [5.41, 5.74) is 1.83. The van der Waals surface area contributed by atoms with Gasteiger partial charge in [0.2, 0.25) is 15.9 Å². The molecule has 0 N–H and O–H groups in total. The maximum atomic E-state index is 12.9. The van der Waals surface area contributed by atoms with Gasteiger partial charge in [-0.2, -0.15) is 4.31 Å². The summed E-state index contributed by atoms with van der Waals surface area (Å²) in [7, 11) is -1.83. The van der Waals surface area contributed by atoms with Crippen molar-refractivity contribution in [2.45, 2.75) is 24.7 Å². The molecule has 26 heavy (non-hydrogen) atoms. The highest BCUT2D eigenvalue weighted by molar-refractivity contribution is 7.89. The number of piperidine rings is 1. The number of carbonyl (C=O) groups is 1. The zero-order chi connectivity index (χ0) is 18.7. The third-order valence-electron chi connectivity index (χ3n) is 4.87. The Balaban J connectivity index is 1.76. The summed E-state index contributed by atoms with van der Waals surface area (Å²) in [5, 5.41) is 0. The largest absolute Gasteiger partial charge is 0.315 e. The van der Waals surface area contributed by atoms with Crippen LogP contribution in [0.2, 0.25) is 0 Å². The molecular weight excluding hydrogens is 348 g/mol. The van der Waals surface area contributed by atoms with E-state index in [2.05, 4.69) is 0 Å². The van der Waals surface area contributed by atoms with Crippen LogP contribution in [0.3, 0.4) is 0 Å². The molecule has 0 bridgehead atoms. The Morgan fingerprint density at radius 2 is 1.73 bits per heavy atom. The second-order valence-corrected chi connectivity index (χ2v) is 8.69. The predicted octanol–water partition coefficient (Wildman–Crippen LogP) is 3.06. The molecular formula is C20H24N2O3S. The Kier molecular flexibility index (Phi) is 5.44. The number of hydrogen-bond donors (Lipinski definition) is 0. The summed E-state index contributed by atoms with van der Waals surface area (Å²) in [6, 6.07) is 16.3. The monoisotopic (exact) mass is 372 g/mol. The average Bonchev–Trinajstić information content (AvgIpc) is 2.68. The zero-order valence-corrected chi connectivity index (χ0v) is 15.9. The van der Waals surface area contributed by atoms with Crippen molar-refractivity contribution in [2.75, 3.05) is 25.0 Å². The fourth-order valence-electron chi connectivity index (χ4n) is 3.27. The smallest absolute Gasteiger partial charge is 0.243 e. The fourth-order valence-corrected chi connectivity index (χ4v) is 4.80. The summed E-state index contributed by atoms with van der Waals surface area (Å²) in [6.45, 7) is 2.60. The van der Waals surface area contributed by atoms with E-state index in [1.807, 2.05) is 37.3 Å². The van der Waals surface area contributed by atoms with Gasteiger partial charge in [0.1, 0.15) is 0 Å². The van der Waals surface area contributed by atoms with Gasteiger partial charge in [-0.1, -0.05) is 35.9 Å². The molecule has 1 atom stereocenters. The van der Waals surface area contributed by atoms with Gasteiger partial charge in [0.15, 0.2) is 0 Å². The van der Waals surface area contributed by atoms with Crippen LogP contribution in [-0.4, -0.2) is 38.8 Å². The van der Waals surface area contributed by atoms with Gasteiger partial charge in [0.25, 0.3) is 0 Å². The van der Waals surface area contributed by atoms with Gasteiger partial charge in [-0.15, -0.1) is 0 Å². The van der Waals surface area contributed by atoms with E-state index in [0.717, 1.165) is 11.3 Å². The van der Waals surface area contributed by atoms with Crippen LogP contribution in [0.5, 0.6) is 0 Å². The van der Waals surface area contributed by atoms with Crippen LogP contribution in [-0.2, 0) is 14.8 Å². The molecule has 3 rings (SSSR count). The van der Waals surface area contributed by atoms with E-state index in [1.54, 1.807) is 36.2 Å². The molecule has 0 spiro atoms. The number of carbonyl (C=O) groups excluding carboxylic acids is 1. The fraction of sp³-hybridized carbons (Fsp3) is 0.350. The number of rotatable bonds is 4. The van der Waals surface area contributed by atoms with E-state index >= 15 is 0 Å². The summed E-state index contributed by atoms with van der Waals surface area (Å²) >= 11 is 0. The number of para-hydroxylation sites is 1. The van der Waals surface area contributed by atoms with Crippen molar-refractivity contribution in [3.8, 4) is 0 Å². The van der Waals surface area contributed by atoms with Crippen molar-refractivity contribution in [1.29, 1.82) is 0 Å². The average molecular weight is 372 g/mol. The van der Waals surface area contributed by atoms with Crippen LogP contribution in [0, 0.1) is 12.8 Å². The van der Waals surface area contributed by atoms with Gasteiger partial charge in [-0.25, -0.2) is 8.42 Å². The lowest BCUT2D eigenvalue weighted by Crippen LogP contribution is -2.45. The molecule has 1 saturated heterocycles. The Morgan fingerprint density at radius 1 is 1.08 bits per heavy atom. The van der Waals surface area contributed by atoms with Crippen LogP contribution >= 0.6 is 0 Å². The summed E-state index contributed by atoms with van der Waals surface area (Å²) < 4.78 is 27.3. The van der Waals surface area contributed by atoms with Crippen molar-refractivity contribution in [2.24, 2.45) is 5.92 Å². The van der Waals surface area contributed by atoms with E-state index in [9.17, 15) is 13.2 Å². The molecule has 5 nitrogen and oxygen atoms in total. The molecule has 0 aromatic heterocycles. The number of anilines is 1. The first-order valence-corrected chi connectivity index (χ1v) is 10.2. The van der Waals surface area contributed by atoms with Gasteiger partial charge >= 0.3 is 0 Å². The predicted molar refractivity (Wildman–Crippen MR) is 103 cm³/mol. The Morgan fingerprint density at radius 3 is 2.38 bits per heavy atom. The Labute approximate surface area is 155 Å². The van der Waals surface area contributed by atoms with E-state index in [0.29, 0.717) is 19.4 Å². The third-order valence-corrected chi connectivity index (χ3v) is 6.75. The van der Waals surface area contributed by atoms with Crippen LogP contribution in [0.1, 0.15) is 18.4 Å². The summed E-state index contributed by atoms with van der Waals surface area (Å²) in [5.74, 6) is -0.366. The molecule has 0 radical (unpaired) electrons. The quantitative estimate of drug-likeness (QED) is 0.829. The normalized spacial score (nSPS) is 18.5. The molecule has 1 amide bonds. The molecule has 0 aliphatic carbocycles. The number of hydrogen-bond acceptors (Lipinski definition) is 3. The van der Waals surface area contributed by atoms with Gasteiger partial charge in [-0.3, -0.25) is 4.79 Å². The van der Waals surface area contributed by atoms with Gasteiger partial charge in [-0.05, 0) is 44.0 Å². The molecule has 1 heterocycles. The highest BCUT2D eigenvalue weighted by Gasteiger charge is 2.34. The number of amides is 1. The molecule has 1 fully saturated rings. The van der Waals surface area contributed by atoms with Crippen LogP contribution in [0.15, 0.2) is 59.5 Å². The van der Waals surface area contributed by atoms with Gasteiger partial charge in [0.05, 0.1) is 10.8 Å². The molecule has 2 aromatic rings. The minimum absolute atomic E-state index is 0.0417. The number of nitrogens with zero attached hydrogens (tertiary/aromatic N) is 2.